The van der Waals surface area contributed by atoms with Crippen LogP contribution in [0.3, 0.4) is 0 Å². The van der Waals surface area contributed by atoms with Gasteiger partial charge in [-0.15, -0.1) is 0 Å². The van der Waals surface area contributed by atoms with E-state index in [0.717, 1.165) is 11.1 Å². The van der Waals surface area contributed by atoms with Crippen molar-refractivity contribution in [2.45, 2.75) is 45.4 Å². The first kappa shape index (κ1) is 16.1. The molecule has 0 bridgehead atoms. The van der Waals surface area contributed by atoms with E-state index in [9.17, 15) is 8.60 Å². The summed E-state index contributed by atoms with van der Waals surface area (Å²) >= 11 is 0. The predicted molar refractivity (Wildman–Crippen MR) is 80.6 cm³/mol. The topological polar surface area (TPSA) is 29.1 Å². The second-order valence-corrected chi connectivity index (χ2v) is 7.74. The molecule has 106 valence electrons. The minimum absolute atomic E-state index is 0.300. The van der Waals surface area contributed by atoms with E-state index >= 15 is 0 Å². The fraction of sp³-hybridized carbons (Fsp3) is 0.467. The molecule has 0 saturated carbocycles. The molecule has 1 aromatic carbocycles. The number of hydrogen-bond donors (Lipinski definition) is 1. The van der Waals surface area contributed by atoms with Gasteiger partial charge in [-0.25, -0.2) is 13.3 Å². The molecule has 1 rings (SSSR count). The molecule has 0 saturated heterocycles. The van der Waals surface area contributed by atoms with Gasteiger partial charge in [-0.3, -0.25) is 0 Å². The minimum Gasteiger partial charge on any atom is -0.242 e. The Morgan fingerprint density at radius 2 is 2.00 bits per heavy atom. The van der Waals surface area contributed by atoms with Crippen molar-refractivity contribution in [3.05, 3.63) is 41.7 Å². The van der Waals surface area contributed by atoms with Gasteiger partial charge in [-0.05, 0) is 46.2 Å². The van der Waals surface area contributed by atoms with Crippen molar-refractivity contribution >= 4 is 16.6 Å². The summed E-state index contributed by atoms with van der Waals surface area (Å²) in [7, 11) is -1.22. The van der Waals surface area contributed by atoms with Gasteiger partial charge in [0.15, 0.2) is 0 Å². The van der Waals surface area contributed by atoms with Crippen LogP contribution in [0.1, 0.15) is 51.8 Å². The molecular formula is C15H22FNOS. The van der Waals surface area contributed by atoms with Gasteiger partial charge in [0.25, 0.3) is 0 Å². The summed E-state index contributed by atoms with van der Waals surface area (Å²) in [5.74, 6) is -0.300. The lowest BCUT2D eigenvalue weighted by Crippen LogP contribution is -2.35. The predicted octanol–water partition coefficient (Wildman–Crippen LogP) is 3.97. The molecule has 0 heterocycles. The fourth-order valence-electron chi connectivity index (χ4n) is 1.54. The Balaban J connectivity index is 2.92. The third kappa shape index (κ3) is 4.25. The maximum Gasteiger partial charge on any atom is 0.128 e. The Hall–Kier alpha value is -1.00. The van der Waals surface area contributed by atoms with Crippen LogP contribution in [0, 0.1) is 5.82 Å². The van der Waals surface area contributed by atoms with Gasteiger partial charge >= 0.3 is 0 Å². The van der Waals surface area contributed by atoms with E-state index < -0.39 is 11.0 Å². The summed E-state index contributed by atoms with van der Waals surface area (Å²) in [4.78, 5) is 0. The zero-order valence-electron chi connectivity index (χ0n) is 12.2. The molecule has 2 atom stereocenters. The lowest BCUT2D eigenvalue weighted by molar-refractivity contribution is 0.571. The normalized spacial score (nSPS) is 15.1. The van der Waals surface area contributed by atoms with E-state index in [1.54, 1.807) is 6.07 Å². The Bertz CT molecular complexity index is 505. The molecule has 0 aliphatic rings. The number of benzene rings is 1. The van der Waals surface area contributed by atoms with Crippen molar-refractivity contribution < 1.29 is 8.60 Å². The number of nitrogens with one attached hydrogen (secondary N) is 1. The van der Waals surface area contributed by atoms with E-state index in [1.807, 2.05) is 40.7 Å². The summed E-state index contributed by atoms with van der Waals surface area (Å²) in [6, 6.07) is 4.71. The van der Waals surface area contributed by atoms with Crippen LogP contribution in [0.2, 0.25) is 0 Å². The molecule has 1 N–H and O–H groups in total. The van der Waals surface area contributed by atoms with Crippen molar-refractivity contribution in [1.29, 1.82) is 0 Å². The lowest BCUT2D eigenvalue weighted by atomic mass is 10.0. The maximum atomic E-state index is 14.0. The average Bonchev–Trinajstić information content (AvgIpc) is 2.26. The summed E-state index contributed by atoms with van der Waals surface area (Å²) in [5, 5.41) is 0. The number of hydrogen-bond acceptors (Lipinski definition) is 1. The van der Waals surface area contributed by atoms with Gasteiger partial charge in [-0.1, -0.05) is 24.3 Å². The molecule has 0 aliphatic carbocycles. The first-order valence-corrected chi connectivity index (χ1v) is 7.41. The van der Waals surface area contributed by atoms with E-state index in [4.69, 9.17) is 0 Å². The largest absolute Gasteiger partial charge is 0.242 e. The molecule has 0 fully saturated rings. The summed E-state index contributed by atoms with van der Waals surface area (Å²) in [6.45, 7) is 13.1. The molecule has 1 unspecified atom stereocenters. The van der Waals surface area contributed by atoms with Crippen LogP contribution in [-0.2, 0) is 11.0 Å². The first-order chi connectivity index (χ1) is 8.62. The van der Waals surface area contributed by atoms with Crippen LogP contribution >= 0.6 is 0 Å². The van der Waals surface area contributed by atoms with Crippen LogP contribution < -0.4 is 4.72 Å². The third-order valence-corrected chi connectivity index (χ3v) is 4.48. The zero-order valence-corrected chi connectivity index (χ0v) is 13.0. The second-order valence-electron chi connectivity index (χ2n) is 5.74. The summed E-state index contributed by atoms with van der Waals surface area (Å²) in [5.41, 5.74) is 2.12. The lowest BCUT2D eigenvalue weighted by Gasteiger charge is -2.22. The van der Waals surface area contributed by atoms with Crippen molar-refractivity contribution in [2.24, 2.45) is 0 Å². The van der Waals surface area contributed by atoms with Crippen LogP contribution in [-0.4, -0.2) is 8.96 Å². The molecule has 0 aromatic heterocycles. The highest BCUT2D eigenvalue weighted by molar-refractivity contribution is 7.84. The Morgan fingerprint density at radius 1 is 1.42 bits per heavy atom. The molecule has 0 amide bonds. The molecule has 1 aromatic rings. The monoisotopic (exact) mass is 283 g/mol. The highest BCUT2D eigenvalue weighted by atomic mass is 32.2. The smallest absolute Gasteiger partial charge is 0.128 e. The number of halogens is 1. The van der Waals surface area contributed by atoms with Gasteiger partial charge in [0.1, 0.15) is 5.82 Å². The van der Waals surface area contributed by atoms with E-state index in [1.165, 1.54) is 6.07 Å². The van der Waals surface area contributed by atoms with Gasteiger partial charge in [0.05, 0.1) is 15.7 Å². The maximum absolute atomic E-state index is 14.0. The fourth-order valence-corrected chi connectivity index (χ4v) is 2.35. The summed E-state index contributed by atoms with van der Waals surface area (Å²) < 4.78 is 28.6. The van der Waals surface area contributed by atoms with E-state index in [2.05, 4.69) is 11.3 Å². The van der Waals surface area contributed by atoms with Crippen LogP contribution in [0.25, 0.3) is 5.57 Å². The Morgan fingerprint density at radius 3 is 2.42 bits per heavy atom. The van der Waals surface area contributed by atoms with Crippen molar-refractivity contribution in [3.63, 3.8) is 0 Å². The molecule has 0 radical (unpaired) electrons. The van der Waals surface area contributed by atoms with Gasteiger partial charge in [0, 0.05) is 11.6 Å². The van der Waals surface area contributed by atoms with E-state index in [-0.39, 0.29) is 16.6 Å². The van der Waals surface area contributed by atoms with Crippen LogP contribution in [0.5, 0.6) is 0 Å². The molecule has 2 nitrogen and oxygen atoms in total. The Labute approximate surface area is 117 Å². The first-order valence-electron chi connectivity index (χ1n) is 6.26. The second kappa shape index (κ2) is 5.97. The highest BCUT2D eigenvalue weighted by Gasteiger charge is 2.22. The van der Waals surface area contributed by atoms with Gasteiger partial charge in [-0.2, -0.15) is 0 Å². The molecule has 19 heavy (non-hydrogen) atoms. The van der Waals surface area contributed by atoms with Crippen molar-refractivity contribution in [2.75, 3.05) is 0 Å². The molecular weight excluding hydrogens is 261 g/mol. The van der Waals surface area contributed by atoms with Crippen LogP contribution in [0.15, 0.2) is 24.8 Å². The number of allylic oxidation sites excluding steroid dienone is 1. The zero-order chi connectivity index (χ0) is 14.8. The minimum atomic E-state index is -1.22. The standard InChI is InChI=1S/C15H22FNOS/c1-10(2)12-7-8-13(14(16)9-12)11(3)17-19(18)15(4,5)6/h7-9,11,17H,1H2,2-6H3/t11-,19?/m0/s1. The molecule has 0 aliphatic heterocycles. The summed E-state index contributed by atoms with van der Waals surface area (Å²) in [6.07, 6.45) is 0. The number of rotatable bonds is 4. The van der Waals surface area contributed by atoms with E-state index in [0.29, 0.717) is 5.56 Å². The van der Waals surface area contributed by atoms with Crippen LogP contribution in [0.4, 0.5) is 4.39 Å². The SMILES string of the molecule is C=C(C)c1ccc([C@H](C)NS(=O)C(C)(C)C)c(F)c1. The average molecular weight is 283 g/mol. The van der Waals surface area contributed by atoms with Crippen molar-refractivity contribution in [1.82, 2.24) is 4.72 Å². The highest BCUT2D eigenvalue weighted by Crippen LogP contribution is 2.22. The Kier molecular flexibility index (Phi) is 5.04. The molecule has 4 heteroatoms. The van der Waals surface area contributed by atoms with Gasteiger partial charge < -0.3 is 0 Å². The van der Waals surface area contributed by atoms with Gasteiger partial charge in [0.2, 0.25) is 0 Å². The van der Waals surface area contributed by atoms with Crippen molar-refractivity contribution in [3.8, 4) is 0 Å². The molecule has 0 spiro atoms. The quantitative estimate of drug-likeness (QED) is 0.890. The third-order valence-electron chi connectivity index (χ3n) is 2.80.